The first-order valence-corrected chi connectivity index (χ1v) is 5.97. The van der Waals surface area contributed by atoms with E-state index in [0.717, 1.165) is 11.6 Å². The molecule has 1 aromatic rings. The van der Waals surface area contributed by atoms with Crippen LogP contribution in [0.3, 0.4) is 0 Å². The highest BCUT2D eigenvalue weighted by Gasteiger charge is 2.03. The Balaban J connectivity index is 2.23. The Hall–Kier alpha value is -1.03. The van der Waals surface area contributed by atoms with Gasteiger partial charge in [0.15, 0.2) is 0 Å². The van der Waals surface area contributed by atoms with E-state index in [1.54, 1.807) is 6.20 Å². The van der Waals surface area contributed by atoms with Crippen LogP contribution in [0.1, 0.15) is 13.8 Å². The third-order valence-electron chi connectivity index (χ3n) is 1.70. The van der Waals surface area contributed by atoms with Crippen LogP contribution in [-0.4, -0.2) is 23.2 Å². The summed E-state index contributed by atoms with van der Waals surface area (Å²) in [5.74, 6) is 0.997. The highest BCUT2D eigenvalue weighted by atomic mass is 32.2. The second-order valence-corrected chi connectivity index (χ2v) is 4.65. The number of thioether (sulfide) groups is 1. The molecule has 0 spiro atoms. The number of nitrogens with one attached hydrogen (secondary N) is 1. The van der Waals surface area contributed by atoms with Crippen molar-refractivity contribution in [2.45, 2.75) is 18.9 Å². The fourth-order valence-electron chi connectivity index (χ4n) is 0.941. The van der Waals surface area contributed by atoms with E-state index in [1.165, 1.54) is 11.8 Å². The van der Waals surface area contributed by atoms with Crippen molar-refractivity contribution in [3.63, 3.8) is 0 Å². The van der Waals surface area contributed by atoms with E-state index >= 15 is 0 Å². The first kappa shape index (κ1) is 12.0. The quantitative estimate of drug-likeness (QED) is 0.777. The molecule has 4 heteroatoms. The van der Waals surface area contributed by atoms with E-state index < -0.39 is 0 Å². The number of pyridine rings is 1. The largest absolute Gasteiger partial charge is 0.355 e. The van der Waals surface area contributed by atoms with Gasteiger partial charge in [-0.2, -0.15) is 0 Å². The molecule has 0 aliphatic rings. The van der Waals surface area contributed by atoms with Gasteiger partial charge in [-0.25, -0.2) is 4.98 Å². The minimum atomic E-state index is 0.0688. The Morgan fingerprint density at radius 2 is 2.33 bits per heavy atom. The molecule has 0 fully saturated rings. The van der Waals surface area contributed by atoms with Gasteiger partial charge in [-0.15, -0.1) is 0 Å². The summed E-state index contributed by atoms with van der Waals surface area (Å²) in [6.07, 6.45) is 1.73. The number of hydrogen-bond donors (Lipinski definition) is 1. The predicted molar refractivity (Wildman–Crippen MR) is 62.8 cm³/mol. The normalized spacial score (nSPS) is 10.3. The number of nitrogens with zero attached hydrogens (tertiary/aromatic N) is 1. The second kappa shape index (κ2) is 6.45. The maximum atomic E-state index is 11.4. The average Bonchev–Trinajstić information content (AvgIpc) is 2.25. The molecule has 0 aliphatic carbocycles. The predicted octanol–water partition coefficient (Wildman–Crippen LogP) is 1.95. The van der Waals surface area contributed by atoms with Crippen molar-refractivity contribution in [1.29, 1.82) is 0 Å². The van der Waals surface area contributed by atoms with Crippen molar-refractivity contribution in [3.05, 3.63) is 24.4 Å². The number of hydrogen-bond acceptors (Lipinski definition) is 3. The monoisotopic (exact) mass is 224 g/mol. The maximum Gasteiger partial charge on any atom is 0.230 e. The molecule has 1 N–H and O–H groups in total. The van der Waals surface area contributed by atoms with Crippen LogP contribution in [0.25, 0.3) is 0 Å². The Morgan fingerprint density at radius 1 is 1.53 bits per heavy atom. The van der Waals surface area contributed by atoms with E-state index in [2.05, 4.69) is 24.1 Å². The summed E-state index contributed by atoms with van der Waals surface area (Å²) in [4.78, 5) is 15.5. The summed E-state index contributed by atoms with van der Waals surface area (Å²) in [6, 6.07) is 5.69. The molecule has 0 aromatic carbocycles. The molecule has 15 heavy (non-hydrogen) atoms. The fraction of sp³-hybridized carbons (Fsp3) is 0.455. The summed E-state index contributed by atoms with van der Waals surface area (Å²) < 4.78 is 0. The van der Waals surface area contributed by atoms with Crippen molar-refractivity contribution in [1.82, 2.24) is 10.3 Å². The van der Waals surface area contributed by atoms with Crippen molar-refractivity contribution in [2.24, 2.45) is 5.92 Å². The van der Waals surface area contributed by atoms with Gasteiger partial charge in [-0.3, -0.25) is 4.79 Å². The number of carbonyl (C=O) groups excluding carboxylic acids is 1. The van der Waals surface area contributed by atoms with Crippen LogP contribution < -0.4 is 5.32 Å². The van der Waals surface area contributed by atoms with E-state index in [1.807, 2.05) is 18.2 Å². The Bertz CT molecular complexity index is 301. The zero-order valence-corrected chi connectivity index (χ0v) is 9.88. The molecule has 1 aromatic heterocycles. The zero-order chi connectivity index (χ0) is 11.1. The first-order valence-electron chi connectivity index (χ1n) is 4.99. The summed E-state index contributed by atoms with van der Waals surface area (Å²) >= 11 is 1.46. The standard InChI is InChI=1S/C11H16N2OS/c1-9(2)7-13-10(14)8-15-11-5-3-4-6-12-11/h3-6,9H,7-8H2,1-2H3,(H,13,14). The van der Waals surface area contributed by atoms with E-state index in [-0.39, 0.29) is 5.91 Å². The van der Waals surface area contributed by atoms with Gasteiger partial charge in [0, 0.05) is 12.7 Å². The SMILES string of the molecule is CC(C)CNC(=O)CSc1ccccn1. The van der Waals surface area contributed by atoms with Gasteiger partial charge in [-0.05, 0) is 18.1 Å². The molecule has 1 heterocycles. The van der Waals surface area contributed by atoms with Gasteiger partial charge in [0.2, 0.25) is 5.91 Å². The lowest BCUT2D eigenvalue weighted by Crippen LogP contribution is -2.28. The van der Waals surface area contributed by atoms with Crippen molar-refractivity contribution in [2.75, 3.05) is 12.3 Å². The lowest BCUT2D eigenvalue weighted by molar-refractivity contribution is -0.118. The number of aromatic nitrogens is 1. The van der Waals surface area contributed by atoms with Crippen LogP contribution in [0.2, 0.25) is 0 Å². The van der Waals surface area contributed by atoms with Crippen LogP contribution in [0, 0.1) is 5.92 Å². The average molecular weight is 224 g/mol. The molecule has 0 bridgehead atoms. The molecule has 0 saturated heterocycles. The summed E-state index contributed by atoms with van der Waals surface area (Å²) in [5.41, 5.74) is 0. The smallest absolute Gasteiger partial charge is 0.230 e. The van der Waals surface area contributed by atoms with Crippen molar-refractivity contribution >= 4 is 17.7 Å². The number of carbonyl (C=O) groups is 1. The molecule has 0 unspecified atom stereocenters. The van der Waals surface area contributed by atoms with Gasteiger partial charge >= 0.3 is 0 Å². The van der Waals surface area contributed by atoms with Gasteiger partial charge in [0.25, 0.3) is 0 Å². The molecule has 1 amide bonds. The minimum absolute atomic E-state index is 0.0688. The molecule has 0 atom stereocenters. The lowest BCUT2D eigenvalue weighted by atomic mass is 10.2. The van der Waals surface area contributed by atoms with Gasteiger partial charge in [0.05, 0.1) is 10.8 Å². The Morgan fingerprint density at radius 3 is 2.93 bits per heavy atom. The van der Waals surface area contributed by atoms with Crippen LogP contribution in [0.4, 0.5) is 0 Å². The van der Waals surface area contributed by atoms with Gasteiger partial charge in [0.1, 0.15) is 0 Å². The van der Waals surface area contributed by atoms with Crippen molar-refractivity contribution in [3.8, 4) is 0 Å². The third-order valence-corrected chi connectivity index (χ3v) is 2.64. The summed E-state index contributed by atoms with van der Waals surface area (Å²) in [6.45, 7) is 4.89. The van der Waals surface area contributed by atoms with Crippen LogP contribution in [0.15, 0.2) is 29.4 Å². The van der Waals surface area contributed by atoms with Crippen LogP contribution in [-0.2, 0) is 4.79 Å². The zero-order valence-electron chi connectivity index (χ0n) is 9.06. The van der Waals surface area contributed by atoms with Crippen LogP contribution in [0.5, 0.6) is 0 Å². The van der Waals surface area contributed by atoms with Crippen LogP contribution >= 0.6 is 11.8 Å². The fourth-order valence-corrected chi connectivity index (χ4v) is 1.63. The Labute approximate surface area is 94.7 Å². The summed E-state index contributed by atoms with van der Waals surface area (Å²) in [5, 5.41) is 3.75. The number of rotatable bonds is 5. The minimum Gasteiger partial charge on any atom is -0.355 e. The van der Waals surface area contributed by atoms with E-state index in [9.17, 15) is 4.79 Å². The Kier molecular flexibility index (Phi) is 5.18. The number of amides is 1. The molecule has 1 rings (SSSR count). The molecule has 0 saturated carbocycles. The van der Waals surface area contributed by atoms with E-state index in [4.69, 9.17) is 0 Å². The second-order valence-electron chi connectivity index (χ2n) is 3.65. The lowest BCUT2D eigenvalue weighted by Gasteiger charge is -2.06. The molecular weight excluding hydrogens is 208 g/mol. The molecular formula is C11H16N2OS. The van der Waals surface area contributed by atoms with Gasteiger partial charge in [-0.1, -0.05) is 31.7 Å². The molecule has 0 aliphatic heterocycles. The van der Waals surface area contributed by atoms with Crippen molar-refractivity contribution < 1.29 is 4.79 Å². The molecule has 0 radical (unpaired) electrons. The third kappa shape index (κ3) is 5.42. The van der Waals surface area contributed by atoms with E-state index in [0.29, 0.717) is 11.7 Å². The topological polar surface area (TPSA) is 42.0 Å². The highest BCUT2D eigenvalue weighted by molar-refractivity contribution is 7.99. The maximum absolute atomic E-state index is 11.4. The molecule has 82 valence electrons. The summed E-state index contributed by atoms with van der Waals surface area (Å²) in [7, 11) is 0. The first-order chi connectivity index (χ1) is 7.18. The van der Waals surface area contributed by atoms with Gasteiger partial charge < -0.3 is 5.32 Å². The highest BCUT2D eigenvalue weighted by Crippen LogP contribution is 2.12. The molecule has 3 nitrogen and oxygen atoms in total.